The van der Waals surface area contributed by atoms with Gasteiger partial charge in [-0.15, -0.1) is 0 Å². The van der Waals surface area contributed by atoms with Crippen molar-refractivity contribution in [3.8, 4) is 5.75 Å². The third-order valence-electron chi connectivity index (χ3n) is 7.76. The number of halogens is 2. The predicted octanol–water partition coefficient (Wildman–Crippen LogP) is 4.13. The molecular formula is C27H35F2N4O4+. The molecule has 8 nitrogen and oxygen atoms in total. The molecule has 3 aliphatic rings. The lowest BCUT2D eigenvalue weighted by Crippen LogP contribution is -2.42. The van der Waals surface area contributed by atoms with Crippen LogP contribution in [0.2, 0.25) is 0 Å². The summed E-state index contributed by atoms with van der Waals surface area (Å²) in [7, 11) is 0. The molecule has 1 heterocycles. The minimum Gasteiger partial charge on any atom is -0.491 e. The average Bonchev–Trinajstić information content (AvgIpc) is 3.77. The fraction of sp³-hybridized carbons (Fsp3) is 0.556. The Kier molecular flexibility index (Phi) is 7.22. The molecule has 200 valence electrons. The number of anilines is 2. The average molecular weight is 518 g/mol. The number of aromatic nitrogens is 1. The number of hydrogen-bond acceptors (Lipinski definition) is 7. The van der Waals surface area contributed by atoms with E-state index in [1.165, 1.54) is 12.1 Å². The Morgan fingerprint density at radius 2 is 1.84 bits per heavy atom. The van der Waals surface area contributed by atoms with E-state index in [9.17, 15) is 24.2 Å². The minimum absolute atomic E-state index is 0.0941. The number of aliphatic imine (C=N–C) groups is 1. The zero-order chi connectivity index (χ0) is 26.2. The van der Waals surface area contributed by atoms with Crippen LogP contribution >= 0.6 is 0 Å². The molecule has 0 spiro atoms. The van der Waals surface area contributed by atoms with Crippen LogP contribution in [0.15, 0.2) is 35.3 Å². The van der Waals surface area contributed by atoms with Crippen LogP contribution < -0.4 is 20.5 Å². The number of benzene rings is 1. The van der Waals surface area contributed by atoms with Crippen LogP contribution in [-0.2, 0) is 0 Å². The van der Waals surface area contributed by atoms with Crippen molar-refractivity contribution < 1.29 is 33.7 Å². The third-order valence-corrected chi connectivity index (χ3v) is 7.76. The summed E-state index contributed by atoms with van der Waals surface area (Å²) in [4.78, 5) is 4.72. The Bertz CT molecular complexity index is 1150. The summed E-state index contributed by atoms with van der Waals surface area (Å²) < 4.78 is 32.7. The minimum atomic E-state index is -2.91. The van der Waals surface area contributed by atoms with Crippen LogP contribution in [-0.4, -0.2) is 39.9 Å². The van der Waals surface area contributed by atoms with Crippen molar-refractivity contribution in [2.24, 2.45) is 16.8 Å². The SMILES string of the molecule is Nc1cc(OCC2CC2)c(NC(O)c2cccc(C(F)F)[n+]2O)cc1C=NC1CCC(O)(C2CC2)CC1. The maximum Gasteiger partial charge on any atom is 0.325 e. The maximum atomic E-state index is 13.2. The largest absolute Gasteiger partial charge is 0.491 e. The highest BCUT2D eigenvalue weighted by Gasteiger charge is 2.45. The normalized spacial score (nSPS) is 24.9. The number of rotatable bonds is 10. The summed E-state index contributed by atoms with van der Waals surface area (Å²) in [6.07, 6.45) is 4.82. The standard InChI is InChI=1S/C27H35F2N4O4/c28-25(29)22-2-1-3-23(33(22)36)26(34)32-21-12-17(20(30)13-24(21)37-15-16-4-5-16)14-31-19-8-10-27(35,11-9-19)18-6-7-18/h1-3,12-14,16,18-19,25-26,32,34-36H,4-11,15,30H2/q+1. The summed E-state index contributed by atoms with van der Waals surface area (Å²) in [5.41, 5.74) is 6.47. The van der Waals surface area contributed by atoms with E-state index in [4.69, 9.17) is 15.5 Å². The van der Waals surface area contributed by atoms with Crippen LogP contribution in [0.4, 0.5) is 20.2 Å². The molecule has 6 N–H and O–H groups in total. The van der Waals surface area contributed by atoms with E-state index < -0.39 is 23.9 Å². The summed E-state index contributed by atoms with van der Waals surface area (Å²) >= 11 is 0. The van der Waals surface area contributed by atoms with Gasteiger partial charge < -0.3 is 26.0 Å². The second-order valence-electron chi connectivity index (χ2n) is 10.7. The number of alkyl halides is 2. The smallest absolute Gasteiger partial charge is 0.325 e. The first kappa shape index (κ1) is 25.7. The molecule has 5 rings (SSSR count). The predicted molar refractivity (Wildman–Crippen MR) is 134 cm³/mol. The Balaban J connectivity index is 1.34. The zero-order valence-corrected chi connectivity index (χ0v) is 20.7. The number of nitrogen functional groups attached to an aromatic ring is 1. The second kappa shape index (κ2) is 10.4. The monoisotopic (exact) mass is 517 g/mol. The Hall–Kier alpha value is -2.98. The molecule has 1 aromatic carbocycles. The second-order valence-corrected chi connectivity index (χ2v) is 10.7. The van der Waals surface area contributed by atoms with Crippen molar-refractivity contribution in [1.29, 1.82) is 0 Å². The van der Waals surface area contributed by atoms with Gasteiger partial charge in [0.2, 0.25) is 6.23 Å². The van der Waals surface area contributed by atoms with Gasteiger partial charge in [-0.05, 0) is 75.3 Å². The van der Waals surface area contributed by atoms with Crippen molar-refractivity contribution in [3.63, 3.8) is 0 Å². The number of hydrogen-bond donors (Lipinski definition) is 5. The van der Waals surface area contributed by atoms with Gasteiger partial charge in [0.15, 0.2) is 0 Å². The number of nitrogens with zero attached hydrogens (tertiary/aromatic N) is 2. The van der Waals surface area contributed by atoms with Gasteiger partial charge in [-0.1, -0.05) is 0 Å². The first-order chi connectivity index (χ1) is 17.7. The lowest BCUT2D eigenvalue weighted by molar-refractivity contribution is -0.918. The maximum absolute atomic E-state index is 13.2. The van der Waals surface area contributed by atoms with Gasteiger partial charge in [0, 0.05) is 40.4 Å². The van der Waals surface area contributed by atoms with Gasteiger partial charge in [0.1, 0.15) is 5.75 Å². The van der Waals surface area contributed by atoms with E-state index in [1.54, 1.807) is 18.3 Å². The molecule has 1 atom stereocenters. The van der Waals surface area contributed by atoms with E-state index in [1.807, 2.05) is 0 Å². The van der Waals surface area contributed by atoms with Gasteiger partial charge >= 0.3 is 12.1 Å². The Morgan fingerprint density at radius 1 is 1.14 bits per heavy atom. The van der Waals surface area contributed by atoms with Crippen LogP contribution in [0.1, 0.15) is 81.0 Å². The molecule has 0 bridgehead atoms. The van der Waals surface area contributed by atoms with Crippen LogP contribution in [0.3, 0.4) is 0 Å². The lowest BCUT2D eigenvalue weighted by Gasteiger charge is -2.35. The Labute approximate surface area is 214 Å². The fourth-order valence-corrected chi connectivity index (χ4v) is 5.04. The van der Waals surface area contributed by atoms with E-state index in [-0.39, 0.29) is 11.7 Å². The molecule has 0 radical (unpaired) electrons. The first-order valence-corrected chi connectivity index (χ1v) is 13.0. The molecule has 37 heavy (non-hydrogen) atoms. The van der Waals surface area contributed by atoms with E-state index in [2.05, 4.69) is 5.32 Å². The highest BCUT2D eigenvalue weighted by atomic mass is 19.3. The number of nitrogens with two attached hydrogens (primary N) is 1. The summed E-state index contributed by atoms with van der Waals surface area (Å²) in [6, 6.07) is 7.23. The fourth-order valence-electron chi connectivity index (χ4n) is 5.04. The van der Waals surface area contributed by atoms with Gasteiger partial charge in [0.25, 0.3) is 5.69 Å². The molecule has 0 saturated heterocycles. The van der Waals surface area contributed by atoms with E-state index in [0.717, 1.165) is 57.4 Å². The molecule has 3 fully saturated rings. The van der Waals surface area contributed by atoms with Gasteiger partial charge in [-0.25, -0.2) is 0 Å². The number of ether oxygens (including phenoxy) is 1. The topological polar surface area (TPSA) is 124 Å². The van der Waals surface area contributed by atoms with Crippen LogP contribution in [0, 0.1) is 11.8 Å². The molecule has 1 aromatic heterocycles. The summed E-state index contributed by atoms with van der Waals surface area (Å²) in [6.45, 7) is 0.504. The summed E-state index contributed by atoms with van der Waals surface area (Å²) in [5, 5.41) is 34.7. The van der Waals surface area contributed by atoms with Gasteiger partial charge in [0.05, 0.1) is 23.9 Å². The summed E-state index contributed by atoms with van der Waals surface area (Å²) in [5.74, 6) is 1.33. The number of aliphatic hydroxyl groups excluding tert-OH is 1. The molecule has 0 aliphatic heterocycles. The number of nitrogens with one attached hydrogen (secondary N) is 1. The quantitative estimate of drug-likeness (QED) is 0.106. The highest BCUT2D eigenvalue weighted by Crippen LogP contribution is 2.47. The third kappa shape index (κ3) is 5.96. The van der Waals surface area contributed by atoms with E-state index >= 15 is 0 Å². The first-order valence-electron chi connectivity index (χ1n) is 13.0. The number of pyridine rings is 1. The van der Waals surface area contributed by atoms with E-state index in [0.29, 0.717) is 45.9 Å². The Morgan fingerprint density at radius 3 is 2.49 bits per heavy atom. The van der Waals surface area contributed by atoms with Gasteiger partial charge in [-0.2, -0.15) is 8.78 Å². The van der Waals surface area contributed by atoms with Crippen LogP contribution in [0.25, 0.3) is 0 Å². The molecule has 3 saturated carbocycles. The van der Waals surface area contributed by atoms with Gasteiger partial charge in [-0.3, -0.25) is 10.2 Å². The van der Waals surface area contributed by atoms with Crippen molar-refractivity contribution >= 4 is 17.6 Å². The molecular weight excluding hydrogens is 482 g/mol. The van der Waals surface area contributed by atoms with Crippen molar-refractivity contribution in [1.82, 2.24) is 0 Å². The van der Waals surface area contributed by atoms with Crippen molar-refractivity contribution in [2.75, 3.05) is 17.7 Å². The lowest BCUT2D eigenvalue weighted by atomic mass is 9.79. The molecule has 10 heteroatoms. The highest BCUT2D eigenvalue weighted by molar-refractivity contribution is 5.90. The van der Waals surface area contributed by atoms with Crippen molar-refractivity contribution in [2.45, 2.75) is 75.7 Å². The molecule has 1 unspecified atom stereocenters. The molecule has 0 amide bonds. The van der Waals surface area contributed by atoms with Crippen LogP contribution in [0.5, 0.6) is 5.75 Å². The number of aliphatic hydroxyl groups is 2. The van der Waals surface area contributed by atoms with Crippen molar-refractivity contribution in [3.05, 3.63) is 47.3 Å². The molecule has 3 aliphatic carbocycles. The molecule has 2 aromatic rings. The zero-order valence-electron chi connectivity index (χ0n) is 20.7.